The standard InChI is InChI=1S/C28H21N7OS2/c1-18-12-14-19(15-13-18)23-20(17-34(33-23)21-8-4-2-5-9-21)16-29-32-28-35(22-10-6-3-7-11-22)25-24(38-28)26(36)31-27(37)30-25/h2-17H,1H3,(H2,30,31,36,37)/b29-16+,32-28-. The number of hydrogen-bond acceptors (Lipinski definition) is 6. The molecule has 8 nitrogen and oxygen atoms in total. The van der Waals surface area contributed by atoms with Gasteiger partial charge in [0.2, 0.25) is 4.80 Å². The molecule has 2 N–H and O–H groups in total. The van der Waals surface area contributed by atoms with Crippen molar-refractivity contribution in [3.05, 3.63) is 122 Å². The van der Waals surface area contributed by atoms with Gasteiger partial charge in [-0.05, 0) is 43.4 Å². The molecule has 186 valence electrons. The average molecular weight is 536 g/mol. The van der Waals surface area contributed by atoms with E-state index < -0.39 is 0 Å². The first kappa shape index (κ1) is 23.7. The number of H-pyrrole nitrogens is 2. The topological polar surface area (TPSA) is 96.1 Å². The number of rotatable bonds is 5. The molecule has 3 heterocycles. The number of aromatic nitrogens is 5. The quantitative estimate of drug-likeness (QED) is 0.173. The Balaban J connectivity index is 1.50. The molecule has 0 saturated carbocycles. The number of benzene rings is 3. The molecule has 0 unspecified atom stereocenters. The predicted octanol–water partition coefficient (Wildman–Crippen LogP) is 5.53. The van der Waals surface area contributed by atoms with E-state index in [1.807, 2.05) is 88.2 Å². The van der Waals surface area contributed by atoms with Crippen LogP contribution in [0.2, 0.25) is 0 Å². The third-order valence-electron chi connectivity index (χ3n) is 5.93. The van der Waals surface area contributed by atoms with Crippen LogP contribution in [0.4, 0.5) is 0 Å². The first-order chi connectivity index (χ1) is 18.6. The second-order valence-corrected chi connectivity index (χ2v) is 9.95. The Labute approximate surface area is 225 Å². The Morgan fingerprint density at radius 2 is 1.61 bits per heavy atom. The van der Waals surface area contributed by atoms with Crippen molar-refractivity contribution in [2.75, 3.05) is 0 Å². The van der Waals surface area contributed by atoms with Crippen molar-refractivity contribution in [1.29, 1.82) is 0 Å². The van der Waals surface area contributed by atoms with Crippen molar-refractivity contribution in [1.82, 2.24) is 24.3 Å². The van der Waals surface area contributed by atoms with E-state index in [-0.39, 0.29) is 10.3 Å². The van der Waals surface area contributed by atoms with Gasteiger partial charge in [0.25, 0.3) is 5.56 Å². The third-order valence-corrected chi connectivity index (χ3v) is 7.17. The molecular weight excluding hydrogens is 514 g/mol. The Bertz CT molecular complexity index is 1960. The van der Waals surface area contributed by atoms with Crippen LogP contribution in [0.3, 0.4) is 0 Å². The van der Waals surface area contributed by atoms with E-state index >= 15 is 0 Å². The molecule has 0 amide bonds. The van der Waals surface area contributed by atoms with E-state index in [0.717, 1.165) is 28.2 Å². The average Bonchev–Trinajstić information content (AvgIpc) is 3.52. The summed E-state index contributed by atoms with van der Waals surface area (Å²) in [6.45, 7) is 2.05. The minimum Gasteiger partial charge on any atom is -0.317 e. The van der Waals surface area contributed by atoms with Crippen LogP contribution in [0.15, 0.2) is 106 Å². The molecule has 0 radical (unpaired) electrons. The number of nitrogens with one attached hydrogen (secondary N) is 2. The van der Waals surface area contributed by atoms with E-state index in [4.69, 9.17) is 17.3 Å². The number of thiazole rings is 1. The maximum atomic E-state index is 12.6. The predicted molar refractivity (Wildman–Crippen MR) is 154 cm³/mol. The molecule has 38 heavy (non-hydrogen) atoms. The minimum atomic E-state index is -0.269. The molecule has 0 aliphatic heterocycles. The number of para-hydroxylation sites is 2. The summed E-state index contributed by atoms with van der Waals surface area (Å²) in [6.07, 6.45) is 3.62. The number of aryl methyl sites for hydroxylation is 1. The maximum absolute atomic E-state index is 12.6. The Morgan fingerprint density at radius 3 is 2.32 bits per heavy atom. The fraction of sp³-hybridized carbons (Fsp3) is 0.0357. The molecule has 0 spiro atoms. The van der Waals surface area contributed by atoms with Crippen LogP contribution in [-0.2, 0) is 0 Å². The van der Waals surface area contributed by atoms with E-state index in [1.54, 1.807) is 6.21 Å². The lowest BCUT2D eigenvalue weighted by molar-refractivity contribution is 0.884. The molecule has 0 saturated heterocycles. The van der Waals surface area contributed by atoms with Crippen molar-refractivity contribution in [2.24, 2.45) is 10.2 Å². The van der Waals surface area contributed by atoms with Crippen LogP contribution >= 0.6 is 23.6 Å². The van der Waals surface area contributed by atoms with E-state index in [0.29, 0.717) is 15.1 Å². The maximum Gasteiger partial charge on any atom is 0.271 e. The van der Waals surface area contributed by atoms with Gasteiger partial charge in [0.1, 0.15) is 16.0 Å². The molecule has 0 aliphatic rings. The Hall–Kier alpha value is -4.67. The second kappa shape index (κ2) is 10.0. The highest BCUT2D eigenvalue weighted by molar-refractivity contribution is 7.71. The van der Waals surface area contributed by atoms with Gasteiger partial charge in [0, 0.05) is 23.0 Å². The summed E-state index contributed by atoms with van der Waals surface area (Å²) in [5.41, 5.74) is 5.83. The summed E-state index contributed by atoms with van der Waals surface area (Å²) in [5.74, 6) is 0. The minimum absolute atomic E-state index is 0.246. The van der Waals surface area contributed by atoms with Gasteiger partial charge in [-0.15, -0.1) is 5.10 Å². The highest BCUT2D eigenvalue weighted by Crippen LogP contribution is 2.23. The smallest absolute Gasteiger partial charge is 0.271 e. The normalized spacial score (nSPS) is 12.1. The number of aromatic amines is 2. The lowest BCUT2D eigenvalue weighted by Gasteiger charge is -2.03. The molecule has 6 aromatic rings. The summed E-state index contributed by atoms with van der Waals surface area (Å²) in [5, 5.41) is 13.8. The zero-order chi connectivity index (χ0) is 26.1. The van der Waals surface area contributed by atoms with Gasteiger partial charge in [-0.1, -0.05) is 77.6 Å². The molecule has 0 atom stereocenters. The molecule has 0 bridgehead atoms. The highest BCUT2D eigenvalue weighted by atomic mass is 32.1. The lowest BCUT2D eigenvalue weighted by Crippen LogP contribution is -2.13. The van der Waals surface area contributed by atoms with E-state index in [9.17, 15) is 4.79 Å². The third kappa shape index (κ3) is 4.58. The molecule has 6 rings (SSSR count). The summed E-state index contributed by atoms with van der Waals surface area (Å²) in [7, 11) is 0. The van der Waals surface area contributed by atoms with Crippen molar-refractivity contribution in [3.8, 4) is 22.6 Å². The molecule has 0 fully saturated rings. The highest BCUT2D eigenvalue weighted by Gasteiger charge is 2.13. The number of nitrogens with zero attached hydrogens (tertiary/aromatic N) is 5. The van der Waals surface area contributed by atoms with E-state index in [1.165, 1.54) is 16.9 Å². The van der Waals surface area contributed by atoms with Gasteiger partial charge in [-0.25, -0.2) is 4.68 Å². The van der Waals surface area contributed by atoms with Crippen LogP contribution in [0.5, 0.6) is 0 Å². The summed E-state index contributed by atoms with van der Waals surface area (Å²) >= 11 is 6.45. The van der Waals surface area contributed by atoms with Crippen LogP contribution in [-0.4, -0.2) is 30.5 Å². The van der Waals surface area contributed by atoms with Crippen LogP contribution in [0.25, 0.3) is 33.0 Å². The summed E-state index contributed by atoms with van der Waals surface area (Å²) < 4.78 is 4.40. The summed E-state index contributed by atoms with van der Waals surface area (Å²) in [4.78, 5) is 18.9. The van der Waals surface area contributed by atoms with Crippen LogP contribution in [0.1, 0.15) is 11.1 Å². The van der Waals surface area contributed by atoms with Crippen LogP contribution < -0.4 is 10.4 Å². The van der Waals surface area contributed by atoms with Crippen molar-refractivity contribution < 1.29 is 0 Å². The van der Waals surface area contributed by atoms with Gasteiger partial charge < -0.3 is 4.98 Å². The molecule has 3 aromatic carbocycles. The van der Waals surface area contributed by atoms with Crippen LogP contribution in [0, 0.1) is 11.7 Å². The molecule has 3 aromatic heterocycles. The molecule has 10 heteroatoms. The molecular formula is C28H21N7OS2. The van der Waals surface area contributed by atoms with Crippen molar-refractivity contribution in [2.45, 2.75) is 6.92 Å². The van der Waals surface area contributed by atoms with Gasteiger partial charge in [0.05, 0.1) is 11.9 Å². The Morgan fingerprint density at radius 1 is 0.921 bits per heavy atom. The van der Waals surface area contributed by atoms with Gasteiger partial charge in [-0.2, -0.15) is 10.2 Å². The van der Waals surface area contributed by atoms with Crippen molar-refractivity contribution in [3.63, 3.8) is 0 Å². The van der Waals surface area contributed by atoms with Gasteiger partial charge in [-0.3, -0.25) is 14.3 Å². The number of fused-ring (bicyclic) bond motifs is 1. The molecule has 0 aliphatic carbocycles. The summed E-state index contributed by atoms with van der Waals surface area (Å²) in [6, 6.07) is 27.8. The zero-order valence-electron chi connectivity index (χ0n) is 20.2. The zero-order valence-corrected chi connectivity index (χ0v) is 21.8. The van der Waals surface area contributed by atoms with E-state index in [2.05, 4.69) is 39.2 Å². The lowest BCUT2D eigenvalue weighted by atomic mass is 10.1. The Kier molecular flexibility index (Phi) is 6.24. The fourth-order valence-electron chi connectivity index (χ4n) is 4.10. The SMILES string of the molecule is Cc1ccc(-c2nn(-c3ccccc3)cc2/C=N/N=c2\sc3c(=O)[nH]c(=S)[nH]c3n2-c2ccccc2)cc1. The second-order valence-electron chi connectivity index (χ2n) is 8.57. The van der Waals surface area contributed by atoms with Crippen molar-refractivity contribution >= 4 is 40.1 Å². The van der Waals surface area contributed by atoms with Gasteiger partial charge >= 0.3 is 0 Å². The largest absolute Gasteiger partial charge is 0.317 e. The first-order valence-corrected chi connectivity index (χ1v) is 13.0. The number of hydrogen-bond donors (Lipinski definition) is 2. The first-order valence-electron chi connectivity index (χ1n) is 11.8. The monoisotopic (exact) mass is 535 g/mol. The van der Waals surface area contributed by atoms with Gasteiger partial charge in [0.15, 0.2) is 4.77 Å². The fourth-order valence-corrected chi connectivity index (χ4v) is 5.23.